The Morgan fingerprint density at radius 2 is 1.83 bits per heavy atom. The third-order valence-electron chi connectivity index (χ3n) is 6.04. The average Bonchev–Trinajstić information content (AvgIpc) is 3.27. The van der Waals surface area contributed by atoms with E-state index in [1.54, 1.807) is 11.3 Å². The Labute approximate surface area is 178 Å². The molecule has 5 nitrogen and oxygen atoms in total. The van der Waals surface area contributed by atoms with Crippen LogP contribution in [0.1, 0.15) is 35.0 Å². The number of anilines is 2. The van der Waals surface area contributed by atoms with Crippen molar-refractivity contribution in [2.45, 2.75) is 26.2 Å². The summed E-state index contributed by atoms with van der Waals surface area (Å²) in [5.74, 6) is 0.0577. The summed E-state index contributed by atoms with van der Waals surface area (Å²) in [7, 11) is 0. The van der Waals surface area contributed by atoms with E-state index in [1.165, 1.54) is 24.3 Å². The topological polar surface area (TPSA) is 38.8 Å². The van der Waals surface area contributed by atoms with Crippen LogP contribution < -0.4 is 10.2 Å². The highest BCUT2D eigenvalue weighted by Gasteiger charge is 2.20. The van der Waals surface area contributed by atoms with Crippen molar-refractivity contribution in [3.63, 3.8) is 0 Å². The van der Waals surface area contributed by atoms with Crippen molar-refractivity contribution >= 4 is 27.9 Å². The van der Waals surface area contributed by atoms with E-state index in [1.807, 2.05) is 6.07 Å². The maximum atomic E-state index is 12.6. The number of rotatable bonds is 7. The average molecular weight is 413 g/mol. The molecule has 1 amide bonds. The molecule has 6 heteroatoms. The van der Waals surface area contributed by atoms with Gasteiger partial charge in [-0.3, -0.25) is 4.79 Å². The number of piperazine rings is 1. The summed E-state index contributed by atoms with van der Waals surface area (Å²) >= 11 is 1.60. The van der Waals surface area contributed by atoms with Crippen LogP contribution >= 0.6 is 11.3 Å². The van der Waals surface area contributed by atoms with Gasteiger partial charge in [-0.05, 0) is 56.1 Å². The lowest BCUT2D eigenvalue weighted by Crippen LogP contribution is -2.46. The first kappa shape index (κ1) is 20.4. The van der Waals surface area contributed by atoms with Gasteiger partial charge in [-0.15, -0.1) is 11.3 Å². The molecule has 1 N–H and O–H groups in total. The lowest BCUT2D eigenvalue weighted by Gasteiger charge is -2.33. The fourth-order valence-electron chi connectivity index (χ4n) is 4.28. The van der Waals surface area contributed by atoms with Crippen LogP contribution in [0.4, 0.5) is 10.7 Å². The lowest BCUT2D eigenvalue weighted by atomic mass is 10.0. The third kappa shape index (κ3) is 5.00. The molecule has 0 atom stereocenters. The second kappa shape index (κ2) is 9.74. The molecule has 0 radical (unpaired) electrons. The molecule has 0 aliphatic carbocycles. The minimum atomic E-state index is 0.0577. The van der Waals surface area contributed by atoms with E-state index in [4.69, 9.17) is 0 Å². The van der Waals surface area contributed by atoms with E-state index >= 15 is 0 Å². The number of para-hydroxylation sites is 1. The van der Waals surface area contributed by atoms with Crippen LogP contribution in [-0.4, -0.2) is 68.1 Å². The highest BCUT2D eigenvalue weighted by atomic mass is 32.1. The van der Waals surface area contributed by atoms with E-state index in [0.717, 1.165) is 68.4 Å². The number of benzene rings is 1. The Kier molecular flexibility index (Phi) is 6.85. The van der Waals surface area contributed by atoms with Crippen molar-refractivity contribution in [1.29, 1.82) is 0 Å². The molecule has 156 valence electrons. The number of amides is 1. The quantitative estimate of drug-likeness (QED) is 0.706. The molecule has 4 rings (SSSR count). The second-order valence-electron chi connectivity index (χ2n) is 7.91. The number of carbonyl (C=O) groups is 1. The van der Waals surface area contributed by atoms with Crippen LogP contribution in [0, 0.1) is 0 Å². The second-order valence-corrected chi connectivity index (χ2v) is 8.97. The number of thiophene rings is 1. The summed E-state index contributed by atoms with van der Waals surface area (Å²) in [5, 5.41) is 4.27. The number of nitrogens with one attached hydrogen (secondary N) is 1. The number of likely N-dealkylation sites (N-methyl/N-ethyl adjacent to an activating group) is 1. The van der Waals surface area contributed by atoms with Gasteiger partial charge in [0.1, 0.15) is 0 Å². The van der Waals surface area contributed by atoms with Gasteiger partial charge >= 0.3 is 0 Å². The van der Waals surface area contributed by atoms with E-state index < -0.39 is 0 Å². The fraction of sp³-hybridized carbons (Fsp3) is 0.522. The molecule has 1 fully saturated rings. The van der Waals surface area contributed by atoms with E-state index in [2.05, 4.69) is 57.3 Å². The highest BCUT2D eigenvalue weighted by Crippen LogP contribution is 2.37. The van der Waals surface area contributed by atoms with Crippen LogP contribution in [0.2, 0.25) is 0 Å². The zero-order chi connectivity index (χ0) is 20.1. The zero-order valence-electron chi connectivity index (χ0n) is 17.4. The minimum Gasteiger partial charge on any atom is -0.351 e. The molecule has 0 spiro atoms. The van der Waals surface area contributed by atoms with E-state index in [-0.39, 0.29) is 5.91 Å². The summed E-state index contributed by atoms with van der Waals surface area (Å²) in [6, 6.07) is 12.7. The van der Waals surface area contributed by atoms with Gasteiger partial charge in [0.2, 0.25) is 0 Å². The van der Waals surface area contributed by atoms with Gasteiger partial charge < -0.3 is 20.0 Å². The molecule has 0 saturated carbocycles. The van der Waals surface area contributed by atoms with E-state index in [0.29, 0.717) is 0 Å². The molecule has 0 unspecified atom stereocenters. The summed E-state index contributed by atoms with van der Waals surface area (Å²) in [6.07, 6.45) is 3.30. The normalized spacial score (nSPS) is 17.9. The standard InChI is InChI=1S/C23H32N4OS/c1-2-25-15-17-26(18-16-25)13-6-12-24-23(28)21-10-11-22(29-21)27-14-5-8-19-7-3-4-9-20(19)27/h3-4,7,9-11H,2,5-6,8,12-18H2,1H3,(H,24,28). The zero-order valence-corrected chi connectivity index (χ0v) is 18.2. The molecule has 2 aliphatic rings. The van der Waals surface area contributed by atoms with Crippen LogP contribution in [0.25, 0.3) is 0 Å². The van der Waals surface area contributed by atoms with E-state index in [9.17, 15) is 4.79 Å². The first-order valence-corrected chi connectivity index (χ1v) is 11.7. The molecule has 3 heterocycles. The van der Waals surface area contributed by atoms with Crippen LogP contribution in [-0.2, 0) is 6.42 Å². The molecule has 0 bridgehead atoms. The molecule has 2 aromatic rings. The first-order valence-electron chi connectivity index (χ1n) is 10.9. The number of nitrogens with zero attached hydrogens (tertiary/aromatic N) is 3. The molecule has 1 aromatic heterocycles. The molecule has 2 aliphatic heterocycles. The highest BCUT2D eigenvalue weighted by molar-refractivity contribution is 7.18. The fourth-order valence-corrected chi connectivity index (χ4v) is 5.24. The molecule has 29 heavy (non-hydrogen) atoms. The van der Waals surface area contributed by atoms with Crippen LogP contribution in [0.15, 0.2) is 36.4 Å². The number of aryl methyl sites for hydroxylation is 1. The SMILES string of the molecule is CCN1CCN(CCCNC(=O)c2ccc(N3CCCc4ccccc43)s2)CC1. The smallest absolute Gasteiger partial charge is 0.261 e. The van der Waals surface area contributed by atoms with Gasteiger partial charge in [-0.25, -0.2) is 0 Å². The first-order chi connectivity index (χ1) is 14.2. The minimum absolute atomic E-state index is 0.0577. The Hall–Kier alpha value is -1.89. The van der Waals surface area contributed by atoms with Crippen molar-refractivity contribution in [3.8, 4) is 0 Å². The van der Waals surface area contributed by atoms with Crippen molar-refractivity contribution in [2.24, 2.45) is 0 Å². The van der Waals surface area contributed by atoms with Gasteiger partial charge in [-0.1, -0.05) is 25.1 Å². The number of carbonyl (C=O) groups excluding carboxylic acids is 1. The Balaban J connectivity index is 1.25. The summed E-state index contributed by atoms with van der Waals surface area (Å²) in [6.45, 7) is 10.8. The van der Waals surface area contributed by atoms with Crippen molar-refractivity contribution in [2.75, 3.05) is 57.3 Å². The van der Waals surface area contributed by atoms with Crippen LogP contribution in [0.3, 0.4) is 0 Å². The Morgan fingerprint density at radius 3 is 2.66 bits per heavy atom. The third-order valence-corrected chi connectivity index (χ3v) is 7.15. The monoisotopic (exact) mass is 412 g/mol. The molecule has 1 aromatic carbocycles. The lowest BCUT2D eigenvalue weighted by molar-refractivity contribution is 0.0952. The van der Waals surface area contributed by atoms with Crippen molar-refractivity contribution in [1.82, 2.24) is 15.1 Å². The molecular weight excluding hydrogens is 380 g/mol. The van der Waals surface area contributed by atoms with Gasteiger partial charge in [0.15, 0.2) is 0 Å². The summed E-state index contributed by atoms with van der Waals surface area (Å²) < 4.78 is 0. The van der Waals surface area contributed by atoms with Crippen molar-refractivity contribution in [3.05, 3.63) is 46.8 Å². The maximum absolute atomic E-state index is 12.6. The van der Waals surface area contributed by atoms with Gasteiger partial charge in [-0.2, -0.15) is 0 Å². The Morgan fingerprint density at radius 1 is 1.03 bits per heavy atom. The molecular formula is C23H32N4OS. The number of hydrogen-bond acceptors (Lipinski definition) is 5. The predicted octanol–water partition coefficient (Wildman–Crippen LogP) is 3.59. The van der Waals surface area contributed by atoms with Gasteiger partial charge in [0.05, 0.1) is 9.88 Å². The number of fused-ring (bicyclic) bond motifs is 1. The van der Waals surface area contributed by atoms with Crippen molar-refractivity contribution < 1.29 is 4.79 Å². The maximum Gasteiger partial charge on any atom is 0.261 e. The largest absolute Gasteiger partial charge is 0.351 e. The van der Waals surface area contributed by atoms with Gasteiger partial charge in [0.25, 0.3) is 5.91 Å². The summed E-state index contributed by atoms with van der Waals surface area (Å²) in [4.78, 5) is 20.7. The number of hydrogen-bond donors (Lipinski definition) is 1. The van der Waals surface area contributed by atoms with Crippen LogP contribution in [0.5, 0.6) is 0 Å². The predicted molar refractivity (Wildman–Crippen MR) is 122 cm³/mol. The summed E-state index contributed by atoms with van der Waals surface area (Å²) in [5.41, 5.74) is 2.69. The molecule has 1 saturated heterocycles. The van der Waals surface area contributed by atoms with Gasteiger partial charge in [0, 0.05) is 45.0 Å². The Bertz CT molecular complexity index is 813.